The van der Waals surface area contributed by atoms with Gasteiger partial charge >= 0.3 is 5.97 Å². The molecule has 1 atom stereocenters. The highest BCUT2D eigenvalue weighted by Gasteiger charge is 2.23. The zero-order valence-electron chi connectivity index (χ0n) is 12.3. The van der Waals surface area contributed by atoms with Crippen LogP contribution in [0.4, 0.5) is 0 Å². The van der Waals surface area contributed by atoms with Crippen LogP contribution in [0, 0.1) is 5.92 Å². The van der Waals surface area contributed by atoms with Crippen LogP contribution in [0.25, 0.3) is 10.1 Å². The Morgan fingerprint density at radius 3 is 2.81 bits per heavy atom. The van der Waals surface area contributed by atoms with E-state index in [1.807, 2.05) is 24.3 Å². The molecule has 21 heavy (non-hydrogen) atoms. The number of benzene rings is 1. The maximum Gasteiger partial charge on any atom is 0.346 e. The fourth-order valence-electron chi connectivity index (χ4n) is 3.33. The lowest BCUT2D eigenvalue weighted by Gasteiger charge is -2.20. The highest BCUT2D eigenvalue weighted by molar-refractivity contribution is 7.21. The fourth-order valence-corrected chi connectivity index (χ4v) is 4.39. The SMILES string of the molecule is C[C@@H](NCc1c(C(=O)O)sc2ccccc12)C1CCCC1. The normalized spacial score (nSPS) is 17.4. The lowest BCUT2D eigenvalue weighted by atomic mass is 9.99. The molecule has 1 heterocycles. The van der Waals surface area contributed by atoms with Crippen molar-refractivity contribution >= 4 is 27.4 Å². The van der Waals surface area contributed by atoms with Gasteiger partial charge in [0.1, 0.15) is 4.88 Å². The van der Waals surface area contributed by atoms with E-state index in [0.29, 0.717) is 17.5 Å². The molecule has 0 amide bonds. The molecule has 1 aliphatic rings. The molecular formula is C17H21NO2S. The first-order chi connectivity index (χ1) is 10.2. The summed E-state index contributed by atoms with van der Waals surface area (Å²) in [6.07, 6.45) is 5.26. The number of carboxylic acids is 1. The van der Waals surface area contributed by atoms with E-state index in [0.717, 1.165) is 21.6 Å². The van der Waals surface area contributed by atoms with Crippen LogP contribution in [-0.2, 0) is 6.54 Å². The third-order valence-corrected chi connectivity index (χ3v) is 5.80. The molecule has 0 spiro atoms. The number of nitrogens with one attached hydrogen (secondary N) is 1. The Balaban J connectivity index is 1.81. The van der Waals surface area contributed by atoms with Crippen molar-refractivity contribution in [2.24, 2.45) is 5.92 Å². The van der Waals surface area contributed by atoms with Crippen molar-refractivity contribution in [3.8, 4) is 0 Å². The van der Waals surface area contributed by atoms with Crippen LogP contribution in [0.2, 0.25) is 0 Å². The number of hydrogen-bond acceptors (Lipinski definition) is 3. The largest absolute Gasteiger partial charge is 0.477 e. The molecule has 0 saturated heterocycles. The van der Waals surface area contributed by atoms with Gasteiger partial charge in [0, 0.05) is 17.3 Å². The molecule has 0 radical (unpaired) electrons. The van der Waals surface area contributed by atoms with Crippen LogP contribution in [0.5, 0.6) is 0 Å². The van der Waals surface area contributed by atoms with Crippen LogP contribution >= 0.6 is 11.3 Å². The van der Waals surface area contributed by atoms with Crippen LogP contribution in [0.15, 0.2) is 24.3 Å². The van der Waals surface area contributed by atoms with E-state index in [9.17, 15) is 9.90 Å². The summed E-state index contributed by atoms with van der Waals surface area (Å²) in [5.41, 5.74) is 0.938. The molecule has 3 rings (SSSR count). The van der Waals surface area contributed by atoms with Crippen LogP contribution in [0.1, 0.15) is 47.8 Å². The van der Waals surface area contributed by atoms with Gasteiger partial charge in [-0.3, -0.25) is 0 Å². The van der Waals surface area contributed by atoms with Crippen molar-refractivity contribution < 1.29 is 9.90 Å². The number of carboxylic acid groups (broad SMARTS) is 1. The summed E-state index contributed by atoms with van der Waals surface area (Å²) in [5, 5.41) is 14.1. The number of rotatable bonds is 5. The van der Waals surface area contributed by atoms with E-state index < -0.39 is 5.97 Å². The highest BCUT2D eigenvalue weighted by Crippen LogP contribution is 2.32. The Kier molecular flexibility index (Phi) is 4.27. The molecular weight excluding hydrogens is 282 g/mol. The number of thiophene rings is 1. The van der Waals surface area contributed by atoms with Gasteiger partial charge in [-0.25, -0.2) is 4.79 Å². The predicted octanol–water partition coefficient (Wildman–Crippen LogP) is 4.27. The van der Waals surface area contributed by atoms with Crippen molar-refractivity contribution in [1.82, 2.24) is 5.32 Å². The molecule has 112 valence electrons. The molecule has 3 nitrogen and oxygen atoms in total. The Hall–Kier alpha value is -1.39. The van der Waals surface area contributed by atoms with E-state index in [4.69, 9.17) is 0 Å². The monoisotopic (exact) mass is 303 g/mol. The summed E-state index contributed by atoms with van der Waals surface area (Å²) in [5.74, 6) is -0.0790. The lowest BCUT2D eigenvalue weighted by Crippen LogP contribution is -2.32. The van der Waals surface area contributed by atoms with E-state index in [1.165, 1.54) is 37.0 Å². The molecule has 0 bridgehead atoms. The fraction of sp³-hybridized carbons (Fsp3) is 0.471. The van der Waals surface area contributed by atoms with Gasteiger partial charge in [0.25, 0.3) is 0 Å². The summed E-state index contributed by atoms with van der Waals surface area (Å²) in [7, 11) is 0. The number of aromatic carboxylic acids is 1. The number of hydrogen-bond donors (Lipinski definition) is 2. The minimum absolute atomic E-state index is 0.452. The van der Waals surface area contributed by atoms with Crippen LogP contribution in [-0.4, -0.2) is 17.1 Å². The molecule has 4 heteroatoms. The molecule has 1 aliphatic carbocycles. The standard InChI is InChI=1S/C17H21NO2S/c1-11(12-6-2-3-7-12)18-10-14-13-8-4-5-9-15(13)21-16(14)17(19)20/h4-5,8-9,11-12,18H,2-3,6-7,10H2,1H3,(H,19,20)/t11-/m1/s1. The van der Waals surface area contributed by atoms with Gasteiger partial charge in [0.2, 0.25) is 0 Å². The zero-order chi connectivity index (χ0) is 14.8. The van der Waals surface area contributed by atoms with Gasteiger partial charge in [-0.05, 0) is 42.7 Å². The van der Waals surface area contributed by atoms with Crippen molar-refractivity contribution in [3.63, 3.8) is 0 Å². The summed E-state index contributed by atoms with van der Waals surface area (Å²) >= 11 is 1.38. The summed E-state index contributed by atoms with van der Waals surface area (Å²) < 4.78 is 1.06. The van der Waals surface area contributed by atoms with Crippen molar-refractivity contribution in [1.29, 1.82) is 0 Å². The summed E-state index contributed by atoms with van der Waals surface area (Å²) in [6.45, 7) is 2.87. The maximum atomic E-state index is 11.5. The van der Waals surface area contributed by atoms with Crippen LogP contribution < -0.4 is 5.32 Å². The molecule has 1 aromatic carbocycles. The molecule has 1 aromatic heterocycles. The predicted molar refractivity (Wildman–Crippen MR) is 87.0 cm³/mol. The Bertz CT molecular complexity index is 643. The van der Waals surface area contributed by atoms with Gasteiger partial charge in [-0.15, -0.1) is 11.3 Å². The third kappa shape index (κ3) is 2.97. The Morgan fingerprint density at radius 2 is 2.10 bits per heavy atom. The summed E-state index contributed by atoms with van der Waals surface area (Å²) in [4.78, 5) is 11.9. The van der Waals surface area contributed by atoms with E-state index in [2.05, 4.69) is 12.2 Å². The second-order valence-electron chi connectivity index (χ2n) is 5.93. The second-order valence-corrected chi connectivity index (χ2v) is 6.98. The zero-order valence-corrected chi connectivity index (χ0v) is 13.1. The quantitative estimate of drug-likeness (QED) is 0.867. The topological polar surface area (TPSA) is 49.3 Å². The van der Waals surface area contributed by atoms with E-state index >= 15 is 0 Å². The Morgan fingerprint density at radius 1 is 1.38 bits per heavy atom. The van der Waals surface area contributed by atoms with Gasteiger partial charge < -0.3 is 10.4 Å². The van der Waals surface area contributed by atoms with Gasteiger partial charge in [-0.2, -0.15) is 0 Å². The molecule has 1 saturated carbocycles. The first kappa shape index (κ1) is 14.5. The van der Waals surface area contributed by atoms with Gasteiger partial charge in [-0.1, -0.05) is 31.0 Å². The smallest absolute Gasteiger partial charge is 0.346 e. The average molecular weight is 303 g/mol. The van der Waals surface area contributed by atoms with Gasteiger partial charge in [0.05, 0.1) is 0 Å². The number of fused-ring (bicyclic) bond motifs is 1. The van der Waals surface area contributed by atoms with E-state index in [-0.39, 0.29) is 0 Å². The molecule has 2 N–H and O–H groups in total. The van der Waals surface area contributed by atoms with Crippen molar-refractivity contribution in [2.75, 3.05) is 0 Å². The van der Waals surface area contributed by atoms with Gasteiger partial charge in [0.15, 0.2) is 0 Å². The molecule has 2 aromatic rings. The number of carbonyl (C=O) groups is 1. The Labute approximate surface area is 129 Å². The maximum absolute atomic E-state index is 11.5. The second kappa shape index (κ2) is 6.16. The third-order valence-electron chi connectivity index (χ3n) is 4.60. The molecule has 1 fully saturated rings. The minimum atomic E-state index is -0.818. The lowest BCUT2D eigenvalue weighted by molar-refractivity contribution is 0.0701. The first-order valence-corrected chi connectivity index (χ1v) is 8.45. The molecule has 0 unspecified atom stereocenters. The first-order valence-electron chi connectivity index (χ1n) is 7.64. The van der Waals surface area contributed by atoms with Crippen molar-refractivity contribution in [2.45, 2.75) is 45.2 Å². The van der Waals surface area contributed by atoms with E-state index in [1.54, 1.807) is 0 Å². The minimum Gasteiger partial charge on any atom is -0.477 e. The summed E-state index contributed by atoms with van der Waals surface area (Å²) in [6, 6.07) is 8.41. The van der Waals surface area contributed by atoms with Crippen LogP contribution in [0.3, 0.4) is 0 Å². The average Bonchev–Trinajstić information content (AvgIpc) is 3.12. The van der Waals surface area contributed by atoms with Crippen molar-refractivity contribution in [3.05, 3.63) is 34.7 Å². The highest BCUT2D eigenvalue weighted by atomic mass is 32.1. The molecule has 0 aliphatic heterocycles.